The Hall–Kier alpha value is 2.48. The monoisotopic (exact) mass is 1500 g/mol. The van der Waals surface area contributed by atoms with Gasteiger partial charge < -0.3 is 14.4 Å². The summed E-state index contributed by atoms with van der Waals surface area (Å²) in [5.74, 6) is 0. The van der Waals surface area contributed by atoms with Crippen LogP contribution in [0.3, 0.4) is 0 Å². The maximum atomic E-state index is 2.54. The molecule has 0 aliphatic carbocycles. The summed E-state index contributed by atoms with van der Waals surface area (Å²) in [4.78, 5) is 7.61. The Balaban J connectivity index is -0.000000643. The predicted molar refractivity (Wildman–Crippen MR) is 469 cm³/mol. The second kappa shape index (κ2) is 59.7. The molecule has 0 saturated carbocycles. The van der Waals surface area contributed by atoms with Crippen molar-refractivity contribution in [3.63, 3.8) is 0 Å². The van der Waals surface area contributed by atoms with Crippen molar-refractivity contribution in [1.29, 1.82) is 0 Å². The van der Waals surface area contributed by atoms with E-state index in [1.165, 1.54) is 173 Å². The van der Waals surface area contributed by atoms with Crippen molar-refractivity contribution in [2.45, 2.75) is 523 Å². The second-order valence-electron chi connectivity index (χ2n) is 32.9. The third kappa shape index (κ3) is 30.5. The molecule has 0 fully saturated rings. The molecule has 0 nitrogen and oxygen atoms in total. The van der Waals surface area contributed by atoms with Crippen LogP contribution in [0.4, 0.5) is 0 Å². The standard InChI is InChI=1S/3C28H63Si3.Cr/c3*1-10-19-29(20-11-2,21-12-3)28(30(22-13-4,23-14-5)24-15-6)31(25-16-7,26-17-8)27-18-9;/h3*10-27H2,1-9H3;/q3*-1;+3. The number of rotatable bonds is 63. The quantitative estimate of drug-likeness (QED) is 0.0421. The minimum atomic E-state index is -1.38. The average molecular weight is 1500 g/mol. The molecule has 0 bridgehead atoms. The number of hydrogen-bond donors (Lipinski definition) is 0. The van der Waals surface area contributed by atoms with E-state index >= 15 is 0 Å². The molecule has 0 atom stereocenters. The van der Waals surface area contributed by atoms with E-state index in [0.29, 0.717) is 0 Å². The first-order valence-corrected chi connectivity index (χ1v) is 68.0. The molecule has 0 N–H and O–H groups in total. The summed E-state index contributed by atoms with van der Waals surface area (Å²) in [6.07, 6.45) is 39.0. The average Bonchev–Trinajstić information content (AvgIpc) is 0.753. The van der Waals surface area contributed by atoms with Crippen LogP contribution in [0, 0.1) is 14.4 Å². The Bertz CT molecular complexity index is 1120. The first-order valence-electron chi connectivity index (χ1n) is 44.4. The Morgan fingerprint density at radius 1 is 0.106 bits per heavy atom. The smallest absolute Gasteiger partial charge is 0.309 e. The van der Waals surface area contributed by atoms with Crippen molar-refractivity contribution in [3.05, 3.63) is 14.4 Å². The van der Waals surface area contributed by atoms with Gasteiger partial charge in [0, 0.05) is 0 Å². The molecule has 0 aromatic carbocycles. The molecular formula is C84H189CrSi9. The van der Waals surface area contributed by atoms with Gasteiger partial charge in [0.05, 0.1) is 0 Å². The molecule has 0 aromatic rings. The van der Waals surface area contributed by atoms with Crippen molar-refractivity contribution in [2.24, 2.45) is 0 Å². The summed E-state index contributed by atoms with van der Waals surface area (Å²) >= 11 is 0. The zero-order valence-corrected chi connectivity index (χ0v) is 81.9. The van der Waals surface area contributed by atoms with Crippen LogP contribution in [-0.4, -0.2) is 72.7 Å². The summed E-state index contributed by atoms with van der Waals surface area (Å²) < 4.78 is 0. The van der Waals surface area contributed by atoms with E-state index in [2.05, 4.69) is 201 Å². The molecule has 0 amide bonds. The fourth-order valence-electron chi connectivity index (χ4n) is 24.7. The molecule has 1 radical (unpaired) electrons. The van der Waals surface area contributed by atoms with Crippen LogP contribution in [0.1, 0.15) is 360 Å². The van der Waals surface area contributed by atoms with Gasteiger partial charge in [-0.1, -0.05) is 596 Å². The van der Waals surface area contributed by atoms with Crippen molar-refractivity contribution >= 4 is 72.7 Å². The van der Waals surface area contributed by atoms with Crippen LogP contribution in [0.15, 0.2) is 0 Å². The first-order chi connectivity index (χ1) is 44.7. The predicted octanol–water partition coefficient (Wildman–Crippen LogP) is 33.6. The number of hydrogen-bond acceptors (Lipinski definition) is 0. The SMILES string of the molecule is CCC[Si](CCC)(CCC)[C-]([Si](CCC)(CCC)CCC)[Si](CCC)(CCC)CCC.CCC[Si](CCC)(CCC)[C-]([Si](CCC)(CCC)CCC)[Si](CCC)(CCC)CCC.CCC[Si](CCC)(CCC)[C-]([Si](CCC)(CCC)CCC)[Si](CCC)(CCC)CCC.[Cr+3]. The van der Waals surface area contributed by atoms with E-state index in [4.69, 9.17) is 0 Å². The van der Waals surface area contributed by atoms with Crippen LogP contribution in [-0.2, 0) is 17.4 Å². The molecule has 567 valence electrons. The molecule has 0 heterocycles. The van der Waals surface area contributed by atoms with Crippen molar-refractivity contribution in [1.82, 2.24) is 0 Å². The fraction of sp³-hybridized carbons (Fsp3) is 0.964. The summed E-state index contributed by atoms with van der Waals surface area (Å²) in [5.41, 5.74) is 0. The summed E-state index contributed by atoms with van der Waals surface area (Å²) in [7, 11) is -12.4. The molecule has 0 aromatic heterocycles. The first kappa shape index (κ1) is 103. The fourth-order valence-corrected chi connectivity index (χ4v) is 125. The Morgan fingerprint density at radius 3 is 0.181 bits per heavy atom. The third-order valence-electron chi connectivity index (χ3n) is 24.4. The van der Waals surface area contributed by atoms with Gasteiger partial charge in [0.25, 0.3) is 0 Å². The van der Waals surface area contributed by atoms with Gasteiger partial charge in [0.2, 0.25) is 0 Å². The molecular weight excluding hydrogens is 1310 g/mol. The van der Waals surface area contributed by atoms with Gasteiger partial charge in [-0.2, -0.15) is 0 Å². The molecule has 0 saturated heterocycles. The van der Waals surface area contributed by atoms with Crippen molar-refractivity contribution in [3.8, 4) is 0 Å². The van der Waals surface area contributed by atoms with E-state index in [1.807, 2.05) is 0 Å². The van der Waals surface area contributed by atoms with Crippen molar-refractivity contribution in [2.75, 3.05) is 0 Å². The molecule has 0 aliphatic rings. The minimum absolute atomic E-state index is 0. The van der Waals surface area contributed by atoms with Crippen LogP contribution in [0.25, 0.3) is 0 Å². The maximum Gasteiger partial charge on any atom is 3.00 e. The van der Waals surface area contributed by atoms with Gasteiger partial charge in [-0.15, -0.1) is 0 Å². The van der Waals surface area contributed by atoms with Gasteiger partial charge in [-0.3, -0.25) is 0 Å². The second-order valence-corrected chi connectivity index (χ2v) is 78.4. The van der Waals surface area contributed by atoms with E-state index in [-0.39, 0.29) is 17.4 Å². The van der Waals surface area contributed by atoms with E-state index in [1.54, 1.807) is 163 Å². The van der Waals surface area contributed by atoms with Crippen LogP contribution < -0.4 is 0 Å². The summed E-state index contributed by atoms with van der Waals surface area (Å²) in [5, 5.41) is 0. The Kier molecular flexibility index (Phi) is 65.3. The molecule has 0 rings (SSSR count). The molecule has 0 spiro atoms. The maximum absolute atomic E-state index is 2.54. The Morgan fingerprint density at radius 2 is 0.149 bits per heavy atom. The van der Waals surface area contributed by atoms with Gasteiger partial charge in [-0.25, -0.2) is 0 Å². The Labute approximate surface area is 622 Å². The normalized spacial score (nSPS) is 13.2. The van der Waals surface area contributed by atoms with Crippen LogP contribution in [0.2, 0.25) is 163 Å². The molecule has 0 aliphatic heterocycles. The van der Waals surface area contributed by atoms with Crippen molar-refractivity contribution < 1.29 is 17.4 Å². The zero-order chi connectivity index (χ0) is 71.4. The van der Waals surface area contributed by atoms with E-state index < -0.39 is 72.7 Å². The van der Waals surface area contributed by atoms with Gasteiger partial charge in [0.1, 0.15) is 0 Å². The van der Waals surface area contributed by atoms with Crippen LogP contribution in [0.5, 0.6) is 0 Å². The molecule has 10 heteroatoms. The van der Waals surface area contributed by atoms with Gasteiger partial charge >= 0.3 is 17.4 Å². The zero-order valence-electron chi connectivity index (χ0n) is 71.6. The largest absolute Gasteiger partial charge is 3.00 e. The van der Waals surface area contributed by atoms with Gasteiger partial charge in [-0.05, 0) is 0 Å². The molecule has 94 heavy (non-hydrogen) atoms. The van der Waals surface area contributed by atoms with Gasteiger partial charge in [0.15, 0.2) is 0 Å². The molecule has 0 unspecified atom stereocenters. The summed E-state index contributed by atoms with van der Waals surface area (Å²) in [6, 6.07) is 43.9. The third-order valence-corrected chi connectivity index (χ3v) is 102. The van der Waals surface area contributed by atoms with E-state index in [0.717, 1.165) is 0 Å². The topological polar surface area (TPSA) is 0 Å². The summed E-state index contributed by atoms with van der Waals surface area (Å²) in [6.45, 7) is 68.1. The van der Waals surface area contributed by atoms with Crippen LogP contribution >= 0.6 is 0 Å². The van der Waals surface area contributed by atoms with E-state index in [9.17, 15) is 0 Å². The minimum Gasteiger partial charge on any atom is -0.309 e.